The summed E-state index contributed by atoms with van der Waals surface area (Å²) < 4.78 is 52.2. The molecule has 2 heterocycles. The Morgan fingerprint density at radius 3 is 2.62 bits per heavy atom. The molecule has 1 atom stereocenters. The number of nitrogens with zero attached hydrogens (tertiary/aromatic N) is 2. The quantitative estimate of drug-likeness (QED) is 0.796. The maximum Gasteiger partial charge on any atom is 0.416 e. The Bertz CT molecular complexity index is 798. The summed E-state index contributed by atoms with van der Waals surface area (Å²) in [6.07, 6.45) is -0.984. The van der Waals surface area contributed by atoms with Gasteiger partial charge in [0.2, 0.25) is 5.95 Å². The second-order valence-corrected chi connectivity index (χ2v) is 6.83. The third-order valence-corrected chi connectivity index (χ3v) is 4.66. The molecule has 1 fully saturated rings. The molecular formula is C18H20F4N4. The fraction of sp³-hybridized carbons (Fsp3) is 0.444. The Morgan fingerprint density at radius 1 is 1.27 bits per heavy atom. The van der Waals surface area contributed by atoms with Crippen molar-refractivity contribution >= 4 is 5.95 Å². The lowest BCUT2D eigenvalue weighted by Gasteiger charge is -2.24. The number of hydrogen-bond acceptors (Lipinski definition) is 4. The van der Waals surface area contributed by atoms with Gasteiger partial charge in [-0.2, -0.15) is 13.2 Å². The zero-order chi connectivity index (χ0) is 18.9. The first-order valence-electron chi connectivity index (χ1n) is 8.38. The molecule has 0 unspecified atom stereocenters. The molecule has 4 nitrogen and oxygen atoms in total. The van der Waals surface area contributed by atoms with Crippen LogP contribution in [-0.4, -0.2) is 28.6 Å². The Labute approximate surface area is 149 Å². The highest BCUT2D eigenvalue weighted by molar-refractivity contribution is 5.66. The molecule has 26 heavy (non-hydrogen) atoms. The van der Waals surface area contributed by atoms with E-state index in [0.29, 0.717) is 29.8 Å². The van der Waals surface area contributed by atoms with Gasteiger partial charge in [0, 0.05) is 29.4 Å². The minimum atomic E-state index is -4.58. The zero-order valence-electron chi connectivity index (χ0n) is 14.5. The van der Waals surface area contributed by atoms with Crippen LogP contribution >= 0.6 is 0 Å². The lowest BCUT2D eigenvalue weighted by Crippen LogP contribution is -2.43. The number of halogens is 4. The minimum Gasteiger partial charge on any atom is -0.352 e. The van der Waals surface area contributed by atoms with Gasteiger partial charge in [-0.25, -0.2) is 14.4 Å². The largest absolute Gasteiger partial charge is 0.416 e. The van der Waals surface area contributed by atoms with Gasteiger partial charge in [-0.15, -0.1) is 0 Å². The van der Waals surface area contributed by atoms with E-state index in [4.69, 9.17) is 0 Å². The second-order valence-electron chi connectivity index (χ2n) is 6.83. The van der Waals surface area contributed by atoms with Gasteiger partial charge >= 0.3 is 6.18 Å². The molecular weight excluding hydrogens is 348 g/mol. The lowest BCUT2D eigenvalue weighted by atomic mass is 10.0. The van der Waals surface area contributed by atoms with Crippen LogP contribution in [0, 0.1) is 12.7 Å². The van der Waals surface area contributed by atoms with E-state index in [1.54, 1.807) is 6.92 Å². The van der Waals surface area contributed by atoms with Crippen LogP contribution in [0.25, 0.3) is 11.1 Å². The SMILES string of the molecule is Cc1nc(NC[C@]2(C)CCCN2)ncc1-c1ccc(C(F)(F)F)cc1F. The van der Waals surface area contributed by atoms with Crippen LogP contribution in [-0.2, 0) is 6.18 Å². The number of rotatable bonds is 4. The molecule has 2 N–H and O–H groups in total. The highest BCUT2D eigenvalue weighted by Gasteiger charge is 2.31. The van der Waals surface area contributed by atoms with Gasteiger partial charge in [-0.1, -0.05) is 6.07 Å². The highest BCUT2D eigenvalue weighted by Crippen LogP contribution is 2.33. The van der Waals surface area contributed by atoms with E-state index < -0.39 is 17.6 Å². The van der Waals surface area contributed by atoms with Crippen molar-refractivity contribution in [2.75, 3.05) is 18.4 Å². The molecule has 0 bridgehead atoms. The van der Waals surface area contributed by atoms with Crippen LogP contribution in [0.2, 0.25) is 0 Å². The molecule has 140 valence electrons. The van der Waals surface area contributed by atoms with Crippen molar-refractivity contribution in [1.82, 2.24) is 15.3 Å². The summed E-state index contributed by atoms with van der Waals surface area (Å²) in [4.78, 5) is 8.50. The zero-order valence-corrected chi connectivity index (χ0v) is 14.5. The molecule has 1 aromatic carbocycles. The third kappa shape index (κ3) is 3.95. The Balaban J connectivity index is 1.79. The molecule has 8 heteroatoms. The molecule has 1 aliphatic rings. The van der Waals surface area contributed by atoms with Crippen LogP contribution in [0.1, 0.15) is 31.0 Å². The van der Waals surface area contributed by atoms with Crippen molar-refractivity contribution in [3.8, 4) is 11.1 Å². The predicted molar refractivity (Wildman–Crippen MR) is 91.3 cm³/mol. The fourth-order valence-electron chi connectivity index (χ4n) is 3.11. The summed E-state index contributed by atoms with van der Waals surface area (Å²) in [5, 5.41) is 6.58. The molecule has 1 aromatic heterocycles. The van der Waals surface area contributed by atoms with Crippen LogP contribution in [0.4, 0.5) is 23.5 Å². The lowest BCUT2D eigenvalue weighted by molar-refractivity contribution is -0.137. The average Bonchev–Trinajstić information content (AvgIpc) is 3.00. The van der Waals surface area contributed by atoms with Gasteiger partial charge < -0.3 is 10.6 Å². The predicted octanol–water partition coefficient (Wildman–Crippen LogP) is 4.16. The molecule has 0 radical (unpaired) electrons. The number of hydrogen-bond donors (Lipinski definition) is 2. The number of nitrogens with one attached hydrogen (secondary N) is 2. The standard InChI is InChI=1S/C18H20F4N4/c1-11-14(13-5-4-12(8-15(13)19)18(20,21)22)9-23-16(26-11)24-10-17(2)6-3-7-25-17/h4-5,8-9,25H,3,6-7,10H2,1-2H3,(H,23,24,26)/t17-/m0/s1. The summed E-state index contributed by atoms with van der Waals surface area (Å²) >= 11 is 0. The Hall–Kier alpha value is -2.22. The molecule has 2 aromatic rings. The Morgan fingerprint density at radius 2 is 2.04 bits per heavy atom. The number of aromatic nitrogens is 2. The van der Waals surface area contributed by atoms with Crippen LogP contribution in [0.3, 0.4) is 0 Å². The van der Waals surface area contributed by atoms with E-state index in [0.717, 1.165) is 31.5 Å². The summed E-state index contributed by atoms with van der Waals surface area (Å²) in [6, 6.07) is 2.46. The van der Waals surface area contributed by atoms with E-state index in [1.165, 1.54) is 6.20 Å². The number of benzene rings is 1. The number of aryl methyl sites for hydroxylation is 1. The van der Waals surface area contributed by atoms with Crippen molar-refractivity contribution in [2.45, 2.75) is 38.4 Å². The summed E-state index contributed by atoms with van der Waals surface area (Å²) in [5.41, 5.74) is -0.132. The topological polar surface area (TPSA) is 49.8 Å². The van der Waals surface area contributed by atoms with Crippen molar-refractivity contribution in [1.29, 1.82) is 0 Å². The smallest absolute Gasteiger partial charge is 0.352 e. The second kappa shape index (κ2) is 6.83. The van der Waals surface area contributed by atoms with Crippen molar-refractivity contribution < 1.29 is 17.6 Å². The minimum absolute atomic E-state index is 0.0184. The van der Waals surface area contributed by atoms with Gasteiger partial charge in [-0.05, 0) is 45.4 Å². The van der Waals surface area contributed by atoms with Gasteiger partial charge in [-0.3, -0.25) is 0 Å². The van der Waals surface area contributed by atoms with E-state index >= 15 is 0 Å². The molecule has 3 rings (SSSR count). The van der Waals surface area contributed by atoms with Crippen LogP contribution < -0.4 is 10.6 Å². The van der Waals surface area contributed by atoms with E-state index in [1.807, 2.05) is 0 Å². The van der Waals surface area contributed by atoms with Crippen LogP contribution in [0.5, 0.6) is 0 Å². The molecule has 0 aliphatic carbocycles. The molecule has 0 spiro atoms. The average molecular weight is 368 g/mol. The highest BCUT2D eigenvalue weighted by atomic mass is 19.4. The normalized spacial score (nSPS) is 20.4. The third-order valence-electron chi connectivity index (χ3n) is 4.66. The van der Waals surface area contributed by atoms with Crippen molar-refractivity contribution in [3.63, 3.8) is 0 Å². The summed E-state index contributed by atoms with van der Waals surface area (Å²) in [7, 11) is 0. The summed E-state index contributed by atoms with van der Waals surface area (Å²) in [6.45, 7) is 5.42. The fourth-order valence-corrected chi connectivity index (χ4v) is 3.11. The number of alkyl halides is 3. The van der Waals surface area contributed by atoms with E-state index in [2.05, 4.69) is 27.5 Å². The first-order chi connectivity index (χ1) is 12.2. The van der Waals surface area contributed by atoms with Gasteiger partial charge in [0.1, 0.15) is 5.82 Å². The Kier molecular flexibility index (Phi) is 4.88. The summed E-state index contributed by atoms with van der Waals surface area (Å²) in [5.74, 6) is -0.539. The molecule has 0 saturated carbocycles. The molecule has 1 saturated heterocycles. The van der Waals surface area contributed by atoms with Gasteiger partial charge in [0.25, 0.3) is 0 Å². The van der Waals surface area contributed by atoms with Crippen molar-refractivity contribution in [3.05, 3.63) is 41.5 Å². The van der Waals surface area contributed by atoms with E-state index in [9.17, 15) is 17.6 Å². The van der Waals surface area contributed by atoms with Gasteiger partial charge in [0.05, 0.1) is 11.3 Å². The maximum atomic E-state index is 14.2. The van der Waals surface area contributed by atoms with Crippen LogP contribution in [0.15, 0.2) is 24.4 Å². The maximum absolute atomic E-state index is 14.2. The van der Waals surface area contributed by atoms with Crippen molar-refractivity contribution in [2.24, 2.45) is 0 Å². The first-order valence-corrected chi connectivity index (χ1v) is 8.38. The van der Waals surface area contributed by atoms with E-state index in [-0.39, 0.29) is 11.1 Å². The molecule has 1 aliphatic heterocycles. The molecule has 0 amide bonds. The number of anilines is 1. The first kappa shape index (κ1) is 18.6. The monoisotopic (exact) mass is 368 g/mol. The van der Waals surface area contributed by atoms with Gasteiger partial charge in [0.15, 0.2) is 0 Å².